The Morgan fingerprint density at radius 2 is 2.05 bits per heavy atom. The molecule has 1 aliphatic rings. The van der Waals surface area contributed by atoms with Crippen LogP contribution in [-0.4, -0.2) is 14.7 Å². The molecule has 1 aliphatic carbocycles. The second-order valence-corrected chi connectivity index (χ2v) is 5.72. The first kappa shape index (κ1) is 13.9. The summed E-state index contributed by atoms with van der Waals surface area (Å²) in [6.45, 7) is 1.26. The van der Waals surface area contributed by atoms with E-state index in [1.807, 2.05) is 7.05 Å². The van der Waals surface area contributed by atoms with Gasteiger partial charge in [0.15, 0.2) is 5.15 Å². The molecule has 1 N–H and O–H groups in total. The maximum Gasteiger partial charge on any atom is 0.204 e. The van der Waals surface area contributed by atoms with Crippen LogP contribution in [0.25, 0.3) is 0 Å². The van der Waals surface area contributed by atoms with Gasteiger partial charge in [0.25, 0.3) is 0 Å². The van der Waals surface area contributed by atoms with Crippen LogP contribution in [0.2, 0.25) is 10.4 Å². The predicted molar refractivity (Wildman–Crippen MR) is 76.9 cm³/mol. The molecule has 0 aromatic carbocycles. The minimum Gasteiger partial charge on any atom is -0.361 e. The van der Waals surface area contributed by atoms with Gasteiger partial charge in [-0.25, -0.2) is 4.98 Å². The average molecular weight is 315 g/mol. The fraction of sp³-hybridized carbons (Fsp3) is 0.538. The van der Waals surface area contributed by atoms with Crippen molar-refractivity contribution in [2.45, 2.75) is 38.8 Å². The average Bonchev–Trinajstić information content (AvgIpc) is 2.95. The van der Waals surface area contributed by atoms with E-state index in [-0.39, 0.29) is 0 Å². The van der Waals surface area contributed by atoms with E-state index in [0.29, 0.717) is 23.5 Å². The number of imidazole rings is 1. The van der Waals surface area contributed by atoms with Gasteiger partial charge in [-0.05, 0) is 30.9 Å². The minimum atomic E-state index is 0.394. The van der Waals surface area contributed by atoms with E-state index in [2.05, 4.69) is 15.5 Å². The van der Waals surface area contributed by atoms with Crippen molar-refractivity contribution in [3.05, 3.63) is 33.1 Å². The van der Waals surface area contributed by atoms with Crippen molar-refractivity contribution in [1.29, 1.82) is 0 Å². The Bertz CT molecular complexity index is 620. The zero-order valence-corrected chi connectivity index (χ0v) is 12.8. The maximum atomic E-state index is 6.04. The van der Waals surface area contributed by atoms with Crippen molar-refractivity contribution in [3.63, 3.8) is 0 Å². The molecule has 0 saturated carbocycles. The van der Waals surface area contributed by atoms with Crippen molar-refractivity contribution < 1.29 is 4.52 Å². The van der Waals surface area contributed by atoms with Crippen LogP contribution >= 0.6 is 23.2 Å². The number of halogens is 2. The first-order valence-corrected chi connectivity index (χ1v) is 7.46. The monoisotopic (exact) mass is 314 g/mol. The largest absolute Gasteiger partial charge is 0.361 e. The van der Waals surface area contributed by atoms with Crippen molar-refractivity contribution >= 4 is 23.2 Å². The van der Waals surface area contributed by atoms with Gasteiger partial charge in [-0.15, -0.1) is 0 Å². The van der Waals surface area contributed by atoms with Crippen LogP contribution in [0, 0.1) is 0 Å². The molecular weight excluding hydrogens is 299 g/mol. The number of nitrogens with zero attached hydrogens (tertiary/aromatic N) is 3. The van der Waals surface area contributed by atoms with Gasteiger partial charge in [0, 0.05) is 32.1 Å². The summed E-state index contributed by atoms with van der Waals surface area (Å²) in [5.74, 6) is 1.05. The molecule has 3 rings (SSSR count). The molecule has 0 aliphatic heterocycles. The van der Waals surface area contributed by atoms with E-state index in [1.165, 1.54) is 18.4 Å². The van der Waals surface area contributed by atoms with Crippen LogP contribution in [-0.2, 0) is 33.0 Å². The number of nitrogens with one attached hydrogen (secondary N) is 1. The summed E-state index contributed by atoms with van der Waals surface area (Å²) in [6, 6.07) is 0. The lowest BCUT2D eigenvalue weighted by molar-refractivity contribution is 0.366. The molecular formula is C13H16Cl2N4O. The molecule has 0 unspecified atom stereocenters. The van der Waals surface area contributed by atoms with Gasteiger partial charge in [-0.3, -0.25) is 0 Å². The van der Waals surface area contributed by atoms with Gasteiger partial charge in [0.05, 0.1) is 5.69 Å². The lowest BCUT2D eigenvalue weighted by Crippen LogP contribution is -2.17. The van der Waals surface area contributed by atoms with Gasteiger partial charge < -0.3 is 14.4 Å². The molecule has 0 fully saturated rings. The second-order valence-electron chi connectivity index (χ2n) is 5.02. The molecule has 0 saturated heterocycles. The third kappa shape index (κ3) is 2.57. The normalized spacial score (nSPS) is 14.6. The van der Waals surface area contributed by atoms with Crippen molar-refractivity contribution in [2.75, 3.05) is 0 Å². The summed E-state index contributed by atoms with van der Waals surface area (Å²) in [4.78, 5) is 4.02. The van der Waals surface area contributed by atoms with E-state index >= 15 is 0 Å². The summed E-state index contributed by atoms with van der Waals surface area (Å²) in [6.07, 6.45) is 4.47. The van der Waals surface area contributed by atoms with Crippen LogP contribution in [0.1, 0.15) is 35.6 Å². The Hall–Kier alpha value is -1.04. The lowest BCUT2D eigenvalue weighted by Gasteiger charge is -2.10. The van der Waals surface area contributed by atoms with E-state index < -0.39 is 0 Å². The third-order valence-corrected chi connectivity index (χ3v) is 4.37. The Kier molecular flexibility index (Phi) is 4.01. The van der Waals surface area contributed by atoms with Gasteiger partial charge in [-0.2, -0.15) is 0 Å². The Labute approximate surface area is 127 Å². The molecule has 7 heteroatoms. The molecule has 0 bridgehead atoms. The Morgan fingerprint density at radius 1 is 1.25 bits per heavy atom. The highest BCUT2D eigenvalue weighted by Gasteiger charge is 2.19. The van der Waals surface area contributed by atoms with Crippen LogP contribution in [0.4, 0.5) is 0 Å². The van der Waals surface area contributed by atoms with Crippen molar-refractivity contribution in [2.24, 2.45) is 7.05 Å². The molecule has 5 nitrogen and oxygen atoms in total. The van der Waals surface area contributed by atoms with Gasteiger partial charge >= 0.3 is 0 Å². The lowest BCUT2D eigenvalue weighted by atomic mass is 9.96. The molecule has 0 spiro atoms. The predicted octanol–water partition coefficient (Wildman–Crippen LogP) is 2.88. The second kappa shape index (κ2) is 5.76. The number of aryl methyl sites for hydroxylation is 1. The SMILES string of the molecule is Cn1c(Cl)nc(Cl)c1CNCc1noc2c1CCCC2. The molecule has 108 valence electrons. The molecule has 0 radical (unpaired) electrons. The Morgan fingerprint density at radius 3 is 2.80 bits per heavy atom. The first-order valence-electron chi connectivity index (χ1n) is 6.70. The van der Waals surface area contributed by atoms with Crippen LogP contribution in [0.15, 0.2) is 4.52 Å². The first-order chi connectivity index (χ1) is 9.66. The van der Waals surface area contributed by atoms with E-state index in [4.69, 9.17) is 27.7 Å². The fourth-order valence-corrected chi connectivity index (χ4v) is 3.05. The van der Waals surface area contributed by atoms with Crippen LogP contribution in [0.5, 0.6) is 0 Å². The zero-order chi connectivity index (χ0) is 14.1. The van der Waals surface area contributed by atoms with Gasteiger partial charge in [-0.1, -0.05) is 16.8 Å². The van der Waals surface area contributed by atoms with Crippen LogP contribution < -0.4 is 5.32 Å². The number of aromatic nitrogens is 3. The highest BCUT2D eigenvalue weighted by Crippen LogP contribution is 2.24. The summed E-state index contributed by atoms with van der Waals surface area (Å²) in [5.41, 5.74) is 3.15. The molecule has 0 amide bonds. The van der Waals surface area contributed by atoms with Crippen molar-refractivity contribution in [1.82, 2.24) is 20.0 Å². The van der Waals surface area contributed by atoms with Crippen molar-refractivity contribution in [3.8, 4) is 0 Å². The minimum absolute atomic E-state index is 0.394. The molecule has 2 aromatic heterocycles. The highest BCUT2D eigenvalue weighted by molar-refractivity contribution is 6.32. The fourth-order valence-electron chi connectivity index (χ4n) is 2.55. The highest BCUT2D eigenvalue weighted by atomic mass is 35.5. The molecule has 2 aromatic rings. The summed E-state index contributed by atoms with van der Waals surface area (Å²) < 4.78 is 7.16. The summed E-state index contributed by atoms with van der Waals surface area (Å²) in [7, 11) is 1.84. The van der Waals surface area contributed by atoms with Gasteiger partial charge in [0.2, 0.25) is 5.28 Å². The van der Waals surface area contributed by atoms with Gasteiger partial charge in [0.1, 0.15) is 11.5 Å². The maximum absolute atomic E-state index is 6.04. The summed E-state index contributed by atoms with van der Waals surface area (Å²) in [5, 5.41) is 8.31. The third-order valence-electron chi connectivity index (χ3n) is 3.73. The van der Waals surface area contributed by atoms with E-state index in [1.54, 1.807) is 4.57 Å². The smallest absolute Gasteiger partial charge is 0.204 e. The topological polar surface area (TPSA) is 55.9 Å². The quantitative estimate of drug-likeness (QED) is 0.942. The van der Waals surface area contributed by atoms with E-state index in [9.17, 15) is 0 Å². The Balaban J connectivity index is 1.64. The number of fused-ring (bicyclic) bond motifs is 1. The molecule has 0 atom stereocenters. The molecule has 20 heavy (non-hydrogen) atoms. The zero-order valence-electron chi connectivity index (χ0n) is 11.2. The van der Waals surface area contributed by atoms with E-state index in [0.717, 1.165) is 30.0 Å². The number of hydrogen-bond donors (Lipinski definition) is 1. The standard InChI is InChI=1S/C13H16Cl2N4O/c1-19-10(12(14)17-13(19)15)7-16-6-9-8-4-2-3-5-11(8)20-18-9/h16H,2-7H2,1H3. The number of hydrogen-bond acceptors (Lipinski definition) is 4. The van der Waals surface area contributed by atoms with Crippen LogP contribution in [0.3, 0.4) is 0 Å². The number of rotatable bonds is 4. The molecule has 2 heterocycles. The summed E-state index contributed by atoms with van der Waals surface area (Å²) >= 11 is 12.0.